The van der Waals surface area contributed by atoms with Crippen LogP contribution in [0.15, 0.2) is 152 Å². The summed E-state index contributed by atoms with van der Waals surface area (Å²) in [5.41, 5.74) is 11.1. The van der Waals surface area contributed by atoms with E-state index in [-0.39, 0.29) is 48.1 Å². The van der Waals surface area contributed by atoms with E-state index in [1.807, 2.05) is 12.3 Å². The molecule has 6 heteroatoms. The molecular weight excluding hydrogens is 1010 g/mol. The number of fused-ring (bicyclic) bond motifs is 3. The van der Waals surface area contributed by atoms with Gasteiger partial charge in [-0.15, -0.1) is 35.2 Å². The predicted octanol–water partition coefficient (Wildman–Crippen LogP) is 15.0. The molecule has 3 aromatic heterocycles. The third kappa shape index (κ3) is 9.03. The van der Waals surface area contributed by atoms with Crippen LogP contribution in [0, 0.1) is 18.5 Å². The molecule has 0 spiro atoms. The Bertz CT molecular complexity index is 3260. The molecule has 6 aromatic carbocycles. The number of aromatic nitrogens is 4. The minimum atomic E-state index is -0.387. The molecule has 0 amide bonds. The summed E-state index contributed by atoms with van der Waals surface area (Å²) in [5, 5.41) is 2.22. The van der Waals surface area contributed by atoms with E-state index in [9.17, 15) is 0 Å². The van der Waals surface area contributed by atoms with Gasteiger partial charge in [-0.1, -0.05) is 187 Å². The van der Waals surface area contributed by atoms with Crippen molar-refractivity contribution in [2.75, 3.05) is 0 Å². The minimum absolute atomic E-state index is 0. The fourth-order valence-electron chi connectivity index (χ4n) is 9.59. The van der Waals surface area contributed by atoms with Crippen molar-refractivity contribution in [3.8, 4) is 28.7 Å². The summed E-state index contributed by atoms with van der Waals surface area (Å²) in [6, 6.07) is 59.4. The average Bonchev–Trinajstić information content (AvgIpc) is 3.88. The van der Waals surface area contributed by atoms with Gasteiger partial charge in [0, 0.05) is 49.7 Å². The molecule has 0 saturated carbocycles. The Balaban J connectivity index is 0.00000625. The van der Waals surface area contributed by atoms with Crippen molar-refractivity contribution < 1.29 is 30.4 Å². The van der Waals surface area contributed by atoms with Crippen molar-refractivity contribution in [2.45, 2.75) is 117 Å². The van der Waals surface area contributed by atoms with Crippen molar-refractivity contribution in [3.05, 3.63) is 209 Å². The maximum Gasteiger partial charge on any atom is 0.267 e. The van der Waals surface area contributed by atoms with Gasteiger partial charge in [0.2, 0.25) is 0 Å². The first-order valence-corrected chi connectivity index (χ1v) is 23.6. The molecule has 0 N–H and O–H groups in total. The van der Waals surface area contributed by atoms with Gasteiger partial charge in [0.25, 0.3) is 6.33 Å². The van der Waals surface area contributed by atoms with Gasteiger partial charge in [0.1, 0.15) is 5.82 Å². The van der Waals surface area contributed by atoms with E-state index in [2.05, 4.69) is 262 Å². The second-order valence-corrected chi connectivity index (χ2v) is 22.3. The van der Waals surface area contributed by atoms with Gasteiger partial charge in [0.05, 0.1) is 17.1 Å². The zero-order valence-electron chi connectivity index (χ0n) is 41.9. The fourth-order valence-corrected chi connectivity index (χ4v) is 9.59. The van der Waals surface area contributed by atoms with Gasteiger partial charge in [-0.2, -0.15) is 12.1 Å². The molecule has 68 heavy (non-hydrogen) atoms. The number of nitrogens with zero attached hydrogens (tertiary/aromatic N) is 4. The molecule has 9 aromatic rings. The third-order valence-corrected chi connectivity index (χ3v) is 13.5. The second-order valence-electron chi connectivity index (χ2n) is 22.3. The molecule has 0 unspecified atom stereocenters. The molecule has 350 valence electrons. The van der Waals surface area contributed by atoms with Gasteiger partial charge in [-0.3, -0.25) is 4.57 Å². The van der Waals surface area contributed by atoms with Crippen LogP contribution in [-0.2, 0) is 48.1 Å². The van der Waals surface area contributed by atoms with Crippen LogP contribution < -0.4 is 9.30 Å². The number of benzene rings is 6. The van der Waals surface area contributed by atoms with Gasteiger partial charge < -0.3 is 13.9 Å². The smallest absolute Gasteiger partial charge is 0.267 e. The van der Waals surface area contributed by atoms with Gasteiger partial charge in [0.15, 0.2) is 0 Å². The predicted molar refractivity (Wildman–Crippen MR) is 276 cm³/mol. The van der Waals surface area contributed by atoms with E-state index in [0.717, 1.165) is 50.3 Å². The molecule has 3 heterocycles. The van der Waals surface area contributed by atoms with Crippen molar-refractivity contribution in [2.24, 2.45) is 0 Å². The summed E-state index contributed by atoms with van der Waals surface area (Å²) in [5.74, 6) is 2.04. The zero-order valence-corrected chi connectivity index (χ0v) is 44.2. The zero-order chi connectivity index (χ0) is 47.7. The van der Waals surface area contributed by atoms with Gasteiger partial charge >= 0.3 is 0 Å². The third-order valence-electron chi connectivity index (χ3n) is 13.5. The summed E-state index contributed by atoms with van der Waals surface area (Å²) in [6.45, 7) is 29.7. The van der Waals surface area contributed by atoms with Crippen molar-refractivity contribution >= 4 is 21.8 Å². The first kappa shape index (κ1) is 48.4. The Hall–Kier alpha value is -6.03. The minimum Gasteiger partial charge on any atom is -0.510 e. The van der Waals surface area contributed by atoms with Gasteiger partial charge in [-0.25, -0.2) is 4.98 Å². The van der Waals surface area contributed by atoms with Gasteiger partial charge in [-0.05, 0) is 85.3 Å². The molecule has 0 fully saturated rings. The Morgan fingerprint density at radius 2 is 1.12 bits per heavy atom. The Morgan fingerprint density at radius 1 is 0.500 bits per heavy atom. The molecule has 0 aliphatic carbocycles. The topological polar surface area (TPSA) is 35.9 Å². The van der Waals surface area contributed by atoms with E-state index in [1.165, 1.54) is 27.9 Å². The fraction of sp³-hybridized carbons (Fsp3) is 0.290. The number of hydrogen-bond donors (Lipinski definition) is 0. The number of para-hydroxylation sites is 1. The first-order valence-electron chi connectivity index (χ1n) is 23.6. The van der Waals surface area contributed by atoms with Crippen LogP contribution in [0.2, 0.25) is 0 Å². The van der Waals surface area contributed by atoms with Crippen molar-refractivity contribution in [3.63, 3.8) is 0 Å². The molecule has 5 nitrogen and oxygen atoms in total. The molecule has 0 bridgehead atoms. The Kier molecular flexibility index (Phi) is 12.7. The molecule has 0 saturated heterocycles. The van der Waals surface area contributed by atoms with E-state index in [0.29, 0.717) is 11.5 Å². The van der Waals surface area contributed by atoms with Crippen molar-refractivity contribution in [1.29, 1.82) is 0 Å². The van der Waals surface area contributed by atoms with Crippen molar-refractivity contribution in [1.82, 2.24) is 14.1 Å². The largest absolute Gasteiger partial charge is 0.510 e. The summed E-state index contributed by atoms with van der Waals surface area (Å²) in [4.78, 5) is 4.92. The second kappa shape index (κ2) is 17.8. The first-order chi connectivity index (χ1) is 31.6. The molecule has 0 aliphatic rings. The number of hydrogen-bond acceptors (Lipinski definition) is 2. The monoisotopic (exact) mass is 1080 g/mol. The molecule has 0 atom stereocenters. The molecular formula is C62H64N4OPt-2. The van der Waals surface area contributed by atoms with Crippen LogP contribution in [0.1, 0.15) is 129 Å². The quantitative estimate of drug-likeness (QED) is 0.107. The standard InChI is InChI=1S/C62H64N4O.Pt/c1-58(2,3)44-33-34-63-55(38-44)66-53-30-21-20-29-51(53)52-32-31-49(40-54(52)66)67-50-37-46(62(12,13)43-25-18-15-19-26-43)36-48(39-50)65-41-64(56(59(4,5)6)57(65)60(7,8)9)47-28-22-27-45(35-47)61(10,11)42-23-16-14-17-24-42;/h14-38H,1-13H3;/q-2;. The summed E-state index contributed by atoms with van der Waals surface area (Å²) < 4.78 is 13.8. The van der Waals surface area contributed by atoms with Crippen LogP contribution in [0.25, 0.3) is 39.0 Å². The van der Waals surface area contributed by atoms with E-state index >= 15 is 0 Å². The van der Waals surface area contributed by atoms with Crippen LogP contribution in [0.4, 0.5) is 0 Å². The summed E-state index contributed by atoms with van der Waals surface area (Å²) >= 11 is 0. The number of imidazole rings is 1. The maximum atomic E-state index is 7.02. The molecule has 0 radical (unpaired) electrons. The van der Waals surface area contributed by atoms with Crippen LogP contribution in [0.5, 0.6) is 11.5 Å². The number of rotatable bonds is 9. The number of ether oxygens (including phenoxy) is 1. The summed E-state index contributed by atoms with van der Waals surface area (Å²) in [6.07, 6.45) is 5.84. The van der Waals surface area contributed by atoms with Crippen LogP contribution in [0.3, 0.4) is 0 Å². The SMILES string of the molecule is CC(C)(C)c1ccnc(-n2c3[c-]c(Oc4[c-]c(-n5[c-][n+](-c6cccc(C(C)(C)c7ccccc7)c6)c(C(C)(C)C)c5C(C)(C)C)cc(C(C)(C)c5ccccc5)c4)ccc3c3ccccc32)c1.[Pt]. The normalized spacial score (nSPS) is 12.7. The van der Waals surface area contributed by atoms with E-state index < -0.39 is 0 Å². The van der Waals surface area contributed by atoms with Crippen LogP contribution >= 0.6 is 0 Å². The molecule has 0 aliphatic heterocycles. The van der Waals surface area contributed by atoms with Crippen LogP contribution in [-0.4, -0.2) is 14.1 Å². The molecule has 9 rings (SSSR count). The van der Waals surface area contributed by atoms with E-state index in [1.54, 1.807) is 0 Å². The van der Waals surface area contributed by atoms with E-state index in [4.69, 9.17) is 9.72 Å². The maximum absolute atomic E-state index is 7.02. The Morgan fingerprint density at radius 3 is 1.75 bits per heavy atom. The summed E-state index contributed by atoms with van der Waals surface area (Å²) in [7, 11) is 0. The number of pyridine rings is 1. The average molecular weight is 1080 g/mol. The Labute approximate surface area is 419 Å².